The minimum atomic E-state index is -0.657. The summed E-state index contributed by atoms with van der Waals surface area (Å²) in [6.07, 6.45) is 2.53. The number of ketones is 1. The number of thioether (sulfide) groups is 1. The van der Waals surface area contributed by atoms with Crippen LogP contribution in [0.25, 0.3) is 6.08 Å². The van der Waals surface area contributed by atoms with E-state index in [1.807, 2.05) is 25.1 Å². The highest BCUT2D eigenvalue weighted by Crippen LogP contribution is 2.41. The van der Waals surface area contributed by atoms with Crippen molar-refractivity contribution in [1.29, 1.82) is 5.41 Å². The van der Waals surface area contributed by atoms with E-state index in [0.717, 1.165) is 38.8 Å². The molecule has 0 spiro atoms. The summed E-state index contributed by atoms with van der Waals surface area (Å²) in [5.41, 5.74) is 1.68. The van der Waals surface area contributed by atoms with E-state index in [1.54, 1.807) is 18.2 Å². The minimum absolute atomic E-state index is 0.124. The average molecular weight is 518 g/mol. The molecular formula is C22H17BrFN3O2S2. The Balaban J connectivity index is 1.48. The summed E-state index contributed by atoms with van der Waals surface area (Å²) in [6.45, 7) is 2.30. The number of carbonyl (C=O) groups is 1. The van der Waals surface area contributed by atoms with Crippen molar-refractivity contribution in [1.82, 2.24) is 10.2 Å². The molecule has 1 aliphatic heterocycles. The third-order valence-corrected chi connectivity index (χ3v) is 7.33. The summed E-state index contributed by atoms with van der Waals surface area (Å²) in [6, 6.07) is 11.7. The molecule has 3 aromatic rings. The molecule has 1 atom stereocenters. The molecule has 2 heterocycles. The molecule has 0 saturated carbocycles. The van der Waals surface area contributed by atoms with E-state index in [0.29, 0.717) is 22.3 Å². The van der Waals surface area contributed by atoms with E-state index in [2.05, 4.69) is 26.1 Å². The number of rotatable bonds is 6. The lowest BCUT2D eigenvalue weighted by molar-refractivity contribution is -0.114. The second kappa shape index (κ2) is 9.42. The number of nitrogens with one attached hydrogen (secondary N) is 1. The Kier molecular flexibility index (Phi) is 6.64. The molecule has 0 aliphatic carbocycles. The van der Waals surface area contributed by atoms with Crippen molar-refractivity contribution in [3.05, 3.63) is 78.8 Å². The quantitative estimate of drug-likeness (QED) is 0.405. The molecule has 0 amide bonds. The normalized spacial score (nSPS) is 17.5. The summed E-state index contributed by atoms with van der Waals surface area (Å²) < 4.78 is 19.6. The molecule has 158 valence electrons. The van der Waals surface area contributed by atoms with Crippen molar-refractivity contribution in [3.63, 3.8) is 0 Å². The minimum Gasteiger partial charge on any atom is -0.488 e. The number of halogens is 2. The van der Waals surface area contributed by atoms with Crippen LogP contribution in [0.15, 0.2) is 51.8 Å². The highest BCUT2D eigenvalue weighted by Gasteiger charge is 2.39. The zero-order chi connectivity index (χ0) is 22.0. The fourth-order valence-electron chi connectivity index (χ4n) is 2.96. The lowest BCUT2D eigenvalue weighted by Gasteiger charge is -2.09. The van der Waals surface area contributed by atoms with Gasteiger partial charge in [0, 0.05) is 0 Å². The molecule has 9 heteroatoms. The predicted molar refractivity (Wildman–Crippen MR) is 125 cm³/mol. The third-order valence-electron chi connectivity index (χ3n) is 4.58. The first-order valence-electron chi connectivity index (χ1n) is 9.46. The number of aryl methyl sites for hydroxylation is 1. The Bertz CT molecular complexity index is 1180. The van der Waals surface area contributed by atoms with Gasteiger partial charge < -0.3 is 4.74 Å². The second-order valence-corrected chi connectivity index (χ2v) is 9.80. The van der Waals surface area contributed by atoms with E-state index in [-0.39, 0.29) is 16.6 Å². The SMILES string of the molecule is CCc1nnc([C@H]2C(=N)S/C(=C\c3ccc(OCc4ccc(F)cc4)c(Br)c3)C2=O)s1. The van der Waals surface area contributed by atoms with E-state index in [1.165, 1.54) is 23.5 Å². The summed E-state index contributed by atoms with van der Waals surface area (Å²) >= 11 is 6.05. The Morgan fingerprint density at radius 2 is 2.00 bits per heavy atom. The molecule has 1 saturated heterocycles. The standard InChI is InChI=1S/C22H17BrFN3O2S2/c1-2-18-26-27-22(31-18)19-20(28)17(30-21(19)25)10-13-5-8-16(15(23)9-13)29-11-12-3-6-14(24)7-4-12/h3-10,19,25H,2,11H2,1H3/b17-10-,25-21?/t19-/m1/s1. The van der Waals surface area contributed by atoms with Crippen LogP contribution in [0.4, 0.5) is 4.39 Å². The van der Waals surface area contributed by atoms with Gasteiger partial charge in [0.15, 0.2) is 5.78 Å². The first-order valence-corrected chi connectivity index (χ1v) is 11.9. The number of benzene rings is 2. The van der Waals surface area contributed by atoms with Crippen molar-refractivity contribution >= 4 is 55.9 Å². The summed E-state index contributed by atoms with van der Waals surface area (Å²) in [5.74, 6) is -0.422. The largest absolute Gasteiger partial charge is 0.488 e. The fourth-order valence-corrected chi connectivity index (χ4v) is 5.42. The molecule has 1 aromatic heterocycles. The van der Waals surface area contributed by atoms with Crippen LogP contribution in [-0.2, 0) is 17.8 Å². The van der Waals surface area contributed by atoms with Crippen molar-refractivity contribution in [3.8, 4) is 5.75 Å². The maximum absolute atomic E-state index is 13.0. The van der Waals surface area contributed by atoms with Crippen molar-refractivity contribution < 1.29 is 13.9 Å². The first-order chi connectivity index (χ1) is 14.9. The maximum atomic E-state index is 13.0. The lowest BCUT2D eigenvalue weighted by atomic mass is 10.1. The number of allylic oxidation sites excluding steroid dienone is 1. The van der Waals surface area contributed by atoms with Crippen LogP contribution in [0.2, 0.25) is 0 Å². The van der Waals surface area contributed by atoms with Gasteiger partial charge in [-0.1, -0.05) is 36.9 Å². The number of ether oxygens (including phenoxy) is 1. The van der Waals surface area contributed by atoms with Crippen LogP contribution in [-0.4, -0.2) is 21.0 Å². The van der Waals surface area contributed by atoms with Gasteiger partial charge in [0.25, 0.3) is 0 Å². The monoisotopic (exact) mass is 517 g/mol. The maximum Gasteiger partial charge on any atom is 0.186 e. The van der Waals surface area contributed by atoms with Gasteiger partial charge in [0.1, 0.15) is 34.1 Å². The molecule has 0 unspecified atom stereocenters. The van der Waals surface area contributed by atoms with E-state index < -0.39 is 5.92 Å². The number of Topliss-reactive ketones (excluding diaryl/α,β-unsaturated/α-hetero) is 1. The molecule has 1 aliphatic rings. The number of nitrogens with zero attached hydrogens (tertiary/aromatic N) is 2. The van der Waals surface area contributed by atoms with E-state index in [9.17, 15) is 9.18 Å². The number of carbonyl (C=O) groups excluding carboxylic acids is 1. The zero-order valence-electron chi connectivity index (χ0n) is 16.4. The van der Waals surface area contributed by atoms with Crippen LogP contribution in [0.1, 0.15) is 34.0 Å². The highest BCUT2D eigenvalue weighted by atomic mass is 79.9. The van der Waals surface area contributed by atoms with Gasteiger partial charge in [-0.25, -0.2) is 4.39 Å². The molecule has 5 nitrogen and oxygen atoms in total. The summed E-state index contributed by atoms with van der Waals surface area (Å²) in [5, 5.41) is 18.1. The zero-order valence-corrected chi connectivity index (χ0v) is 19.6. The molecule has 31 heavy (non-hydrogen) atoms. The van der Waals surface area contributed by atoms with Gasteiger partial charge >= 0.3 is 0 Å². The van der Waals surface area contributed by atoms with Gasteiger partial charge in [-0.05, 0) is 63.8 Å². The predicted octanol–water partition coefficient (Wildman–Crippen LogP) is 6.00. The molecular weight excluding hydrogens is 501 g/mol. The second-order valence-electron chi connectivity index (χ2n) is 6.76. The molecule has 1 fully saturated rings. The topological polar surface area (TPSA) is 75.9 Å². The van der Waals surface area contributed by atoms with Crippen LogP contribution in [0.3, 0.4) is 0 Å². The van der Waals surface area contributed by atoms with Gasteiger partial charge in [0.2, 0.25) is 0 Å². The van der Waals surface area contributed by atoms with Crippen molar-refractivity contribution in [2.75, 3.05) is 0 Å². The Hall–Kier alpha value is -2.36. The molecule has 0 bridgehead atoms. The fraction of sp³-hybridized carbons (Fsp3) is 0.182. The number of aromatic nitrogens is 2. The lowest BCUT2D eigenvalue weighted by Crippen LogP contribution is -2.11. The smallest absolute Gasteiger partial charge is 0.186 e. The van der Waals surface area contributed by atoms with Crippen LogP contribution < -0.4 is 4.74 Å². The van der Waals surface area contributed by atoms with Crippen molar-refractivity contribution in [2.45, 2.75) is 25.9 Å². The highest BCUT2D eigenvalue weighted by molar-refractivity contribution is 9.10. The molecule has 1 N–H and O–H groups in total. The van der Waals surface area contributed by atoms with Gasteiger partial charge in [-0.15, -0.1) is 21.5 Å². The number of hydrogen-bond acceptors (Lipinski definition) is 7. The van der Waals surface area contributed by atoms with E-state index in [4.69, 9.17) is 10.1 Å². The Labute approximate surface area is 195 Å². The van der Waals surface area contributed by atoms with Gasteiger partial charge in [0.05, 0.1) is 14.4 Å². The third kappa shape index (κ3) is 4.94. The van der Waals surface area contributed by atoms with Crippen LogP contribution in [0, 0.1) is 11.2 Å². The molecule has 4 rings (SSSR count). The van der Waals surface area contributed by atoms with Crippen molar-refractivity contribution in [2.24, 2.45) is 0 Å². The van der Waals surface area contributed by atoms with Crippen LogP contribution >= 0.6 is 39.0 Å². The van der Waals surface area contributed by atoms with Crippen LogP contribution in [0.5, 0.6) is 5.75 Å². The Morgan fingerprint density at radius 3 is 2.68 bits per heavy atom. The molecule has 2 aromatic carbocycles. The summed E-state index contributed by atoms with van der Waals surface area (Å²) in [4.78, 5) is 13.4. The average Bonchev–Trinajstić information content (AvgIpc) is 3.32. The van der Waals surface area contributed by atoms with Gasteiger partial charge in [-0.2, -0.15) is 0 Å². The van der Waals surface area contributed by atoms with Gasteiger partial charge in [-0.3, -0.25) is 10.2 Å². The first kappa shape index (κ1) is 21.9. The Morgan fingerprint density at radius 1 is 1.23 bits per heavy atom. The van der Waals surface area contributed by atoms with E-state index >= 15 is 0 Å². The summed E-state index contributed by atoms with van der Waals surface area (Å²) in [7, 11) is 0. The number of hydrogen-bond donors (Lipinski definition) is 1. The molecule has 0 radical (unpaired) electrons.